The average Bonchev–Trinajstić information content (AvgIpc) is 2.65. The molecule has 1 heterocycles. The topological polar surface area (TPSA) is 129 Å². The van der Waals surface area contributed by atoms with E-state index in [0.717, 1.165) is 17.8 Å². The number of nitro groups is 1. The Kier molecular flexibility index (Phi) is 4.99. The van der Waals surface area contributed by atoms with Crippen molar-refractivity contribution in [1.29, 1.82) is 0 Å². The fourth-order valence-corrected chi connectivity index (χ4v) is 2.31. The van der Waals surface area contributed by atoms with E-state index in [0.29, 0.717) is 5.69 Å². The molecule has 0 fully saturated rings. The third-order valence-corrected chi connectivity index (χ3v) is 3.47. The number of rotatable bonds is 5. The SMILES string of the molecule is O=[N+]([O-])c1cc(Cl)cc(/C=N\Nc2nncc(-c3ccccc3)n2)c1[O-]. The van der Waals surface area contributed by atoms with Gasteiger partial charge >= 0.3 is 0 Å². The monoisotopic (exact) mass is 369 g/mol. The summed E-state index contributed by atoms with van der Waals surface area (Å²) in [5.74, 6) is -0.686. The second-order valence-corrected chi connectivity index (χ2v) is 5.44. The van der Waals surface area contributed by atoms with E-state index in [9.17, 15) is 15.2 Å². The van der Waals surface area contributed by atoms with E-state index < -0.39 is 16.4 Å². The van der Waals surface area contributed by atoms with Gasteiger partial charge in [-0.05, 0) is 17.4 Å². The molecule has 3 rings (SSSR count). The van der Waals surface area contributed by atoms with Crippen LogP contribution in [0.3, 0.4) is 0 Å². The summed E-state index contributed by atoms with van der Waals surface area (Å²) in [6, 6.07) is 11.6. The van der Waals surface area contributed by atoms with E-state index in [4.69, 9.17) is 11.6 Å². The smallest absolute Gasteiger partial charge is 0.263 e. The molecule has 1 N–H and O–H groups in total. The fourth-order valence-electron chi connectivity index (χ4n) is 2.09. The first-order valence-electron chi connectivity index (χ1n) is 7.24. The molecule has 10 heteroatoms. The number of hydrazone groups is 1. The summed E-state index contributed by atoms with van der Waals surface area (Å²) in [5, 5.41) is 34.3. The molecular formula is C16H10ClN6O3-. The van der Waals surface area contributed by atoms with E-state index in [1.165, 1.54) is 12.3 Å². The van der Waals surface area contributed by atoms with Crippen LogP contribution < -0.4 is 10.5 Å². The van der Waals surface area contributed by atoms with Crippen molar-refractivity contribution in [2.45, 2.75) is 0 Å². The highest BCUT2D eigenvalue weighted by Gasteiger charge is 2.11. The molecule has 1 aromatic heterocycles. The Hall–Kier alpha value is -3.59. The minimum atomic E-state index is -0.796. The molecule has 0 radical (unpaired) electrons. The van der Waals surface area contributed by atoms with Gasteiger partial charge in [0.25, 0.3) is 11.6 Å². The second kappa shape index (κ2) is 7.53. The number of nitrogens with one attached hydrogen (secondary N) is 1. The molecule has 0 spiro atoms. The second-order valence-electron chi connectivity index (χ2n) is 5.00. The summed E-state index contributed by atoms with van der Waals surface area (Å²) in [5.41, 5.74) is 3.30. The van der Waals surface area contributed by atoms with Gasteiger partial charge in [-0.3, -0.25) is 10.1 Å². The van der Waals surface area contributed by atoms with E-state index in [1.807, 2.05) is 30.3 Å². The van der Waals surface area contributed by atoms with E-state index in [2.05, 4.69) is 25.7 Å². The molecule has 0 bridgehead atoms. The molecule has 0 saturated carbocycles. The van der Waals surface area contributed by atoms with Crippen molar-refractivity contribution in [2.75, 3.05) is 5.43 Å². The Bertz CT molecular complexity index is 981. The van der Waals surface area contributed by atoms with Crippen LogP contribution in [0.5, 0.6) is 5.75 Å². The minimum absolute atomic E-state index is 0.0381. The fraction of sp³-hybridized carbons (Fsp3) is 0. The molecule has 0 aliphatic rings. The maximum Gasteiger partial charge on any atom is 0.263 e. The standard InChI is InChI=1S/C16H11ClN6O3/c17-12-6-11(15(24)14(7-12)23(25)26)8-18-21-16-20-13(9-19-22-16)10-4-2-1-3-5-10/h1-9,24H,(H,20,21,22)/p-1/b18-8-. The largest absolute Gasteiger partial charge is 0.867 e. The van der Waals surface area contributed by atoms with Gasteiger partial charge in [-0.1, -0.05) is 41.9 Å². The predicted octanol–water partition coefficient (Wildman–Crippen LogP) is 2.62. The summed E-state index contributed by atoms with van der Waals surface area (Å²) in [6.45, 7) is 0. The number of benzene rings is 2. The van der Waals surface area contributed by atoms with E-state index in [-0.39, 0.29) is 16.5 Å². The van der Waals surface area contributed by atoms with Crippen LogP contribution in [0.25, 0.3) is 11.3 Å². The van der Waals surface area contributed by atoms with Crippen molar-refractivity contribution in [2.24, 2.45) is 5.10 Å². The van der Waals surface area contributed by atoms with Gasteiger partial charge in [-0.25, -0.2) is 10.4 Å². The Morgan fingerprint density at radius 3 is 2.73 bits per heavy atom. The maximum absolute atomic E-state index is 12.0. The van der Waals surface area contributed by atoms with Crippen LogP contribution in [0.15, 0.2) is 53.8 Å². The summed E-state index contributed by atoms with van der Waals surface area (Å²) < 4.78 is 0. The zero-order chi connectivity index (χ0) is 18.5. The van der Waals surface area contributed by atoms with Crippen LogP contribution >= 0.6 is 11.6 Å². The van der Waals surface area contributed by atoms with Gasteiger partial charge in [-0.2, -0.15) is 10.2 Å². The van der Waals surface area contributed by atoms with E-state index >= 15 is 0 Å². The summed E-state index contributed by atoms with van der Waals surface area (Å²) >= 11 is 5.79. The lowest BCUT2D eigenvalue weighted by Crippen LogP contribution is -2.04. The van der Waals surface area contributed by atoms with Crippen LogP contribution in [-0.4, -0.2) is 26.3 Å². The molecule has 0 aliphatic carbocycles. The highest BCUT2D eigenvalue weighted by atomic mass is 35.5. The molecule has 0 aliphatic heterocycles. The summed E-state index contributed by atoms with van der Waals surface area (Å²) in [4.78, 5) is 14.3. The van der Waals surface area contributed by atoms with Gasteiger partial charge in [0.1, 0.15) is 0 Å². The summed E-state index contributed by atoms with van der Waals surface area (Å²) in [7, 11) is 0. The quantitative estimate of drug-likeness (QED) is 0.415. The average molecular weight is 370 g/mol. The Labute approximate surface area is 152 Å². The third kappa shape index (κ3) is 3.90. The zero-order valence-electron chi connectivity index (χ0n) is 13.0. The lowest BCUT2D eigenvalue weighted by Gasteiger charge is -2.10. The molecule has 3 aromatic rings. The number of nitro benzene ring substituents is 1. The Morgan fingerprint density at radius 1 is 1.23 bits per heavy atom. The highest BCUT2D eigenvalue weighted by molar-refractivity contribution is 6.31. The van der Waals surface area contributed by atoms with Gasteiger partial charge < -0.3 is 5.11 Å². The van der Waals surface area contributed by atoms with Crippen molar-refractivity contribution >= 4 is 29.5 Å². The van der Waals surface area contributed by atoms with Gasteiger partial charge in [0.2, 0.25) is 0 Å². The van der Waals surface area contributed by atoms with Crippen LogP contribution in [0.1, 0.15) is 5.56 Å². The zero-order valence-corrected chi connectivity index (χ0v) is 13.8. The molecular weight excluding hydrogens is 360 g/mol. The van der Waals surface area contributed by atoms with E-state index in [1.54, 1.807) is 0 Å². The normalized spacial score (nSPS) is 10.8. The first-order chi connectivity index (χ1) is 12.5. The van der Waals surface area contributed by atoms with Crippen molar-refractivity contribution in [1.82, 2.24) is 15.2 Å². The number of nitrogens with zero attached hydrogens (tertiary/aromatic N) is 5. The molecule has 26 heavy (non-hydrogen) atoms. The number of hydrogen-bond donors (Lipinski definition) is 1. The number of aromatic nitrogens is 3. The molecule has 0 atom stereocenters. The molecule has 2 aromatic carbocycles. The number of hydrogen-bond acceptors (Lipinski definition) is 8. The molecule has 130 valence electrons. The first-order valence-corrected chi connectivity index (χ1v) is 7.61. The lowest BCUT2D eigenvalue weighted by atomic mass is 10.2. The van der Waals surface area contributed by atoms with Crippen molar-refractivity contribution in [3.8, 4) is 17.0 Å². The van der Waals surface area contributed by atoms with Crippen molar-refractivity contribution < 1.29 is 10.0 Å². The highest BCUT2D eigenvalue weighted by Crippen LogP contribution is 2.30. The predicted molar refractivity (Wildman–Crippen MR) is 94.0 cm³/mol. The Balaban J connectivity index is 1.81. The summed E-state index contributed by atoms with van der Waals surface area (Å²) in [6.07, 6.45) is 2.61. The first kappa shape index (κ1) is 17.2. The van der Waals surface area contributed by atoms with Crippen LogP contribution in [0.2, 0.25) is 5.02 Å². The number of halogens is 1. The molecule has 0 unspecified atom stereocenters. The maximum atomic E-state index is 12.0. The molecule has 0 amide bonds. The van der Waals surface area contributed by atoms with Gasteiger partial charge in [0, 0.05) is 16.7 Å². The van der Waals surface area contributed by atoms with Crippen molar-refractivity contribution in [3.05, 3.63) is 69.4 Å². The van der Waals surface area contributed by atoms with Gasteiger partial charge in [-0.15, -0.1) is 5.10 Å². The molecule has 0 saturated heterocycles. The molecule has 9 nitrogen and oxygen atoms in total. The van der Waals surface area contributed by atoms with Crippen LogP contribution in [0.4, 0.5) is 11.6 Å². The third-order valence-electron chi connectivity index (χ3n) is 3.26. The Morgan fingerprint density at radius 2 is 2.00 bits per heavy atom. The van der Waals surface area contributed by atoms with Gasteiger partial charge in [0.05, 0.1) is 23.0 Å². The lowest BCUT2D eigenvalue weighted by molar-refractivity contribution is -0.398. The van der Waals surface area contributed by atoms with Crippen LogP contribution in [-0.2, 0) is 0 Å². The van der Waals surface area contributed by atoms with Gasteiger partial charge in [0.15, 0.2) is 0 Å². The van der Waals surface area contributed by atoms with Crippen LogP contribution in [0, 0.1) is 10.1 Å². The number of anilines is 1. The minimum Gasteiger partial charge on any atom is -0.867 e. The van der Waals surface area contributed by atoms with Crippen molar-refractivity contribution in [3.63, 3.8) is 0 Å².